The van der Waals surface area contributed by atoms with Crippen molar-refractivity contribution in [3.05, 3.63) is 48.3 Å². The number of halogens is 6. The fourth-order valence-electron chi connectivity index (χ4n) is 1.75. The average Bonchev–Trinajstić information content (AvgIpc) is 2.91. The zero-order valence-electron chi connectivity index (χ0n) is 14.1. The Morgan fingerprint density at radius 2 is 1.36 bits per heavy atom. The second-order valence-electron chi connectivity index (χ2n) is 5.41. The number of nitrogens with one attached hydrogen (secondary N) is 1. The van der Waals surface area contributed by atoms with Crippen molar-refractivity contribution in [2.24, 2.45) is 0 Å². The molecule has 1 aliphatic heterocycles. The zero-order valence-corrected chi connectivity index (χ0v) is 15.7. The van der Waals surface area contributed by atoms with Gasteiger partial charge >= 0.3 is 31.1 Å². The lowest BCUT2D eigenvalue weighted by Gasteiger charge is -2.17. The number of hydrogen-bond donors (Lipinski definition) is 1. The minimum atomic E-state index is -6.60. The Hall–Kier alpha value is -2.00. The van der Waals surface area contributed by atoms with E-state index in [0.29, 0.717) is 0 Å². The Labute approximate surface area is 157 Å². The molecule has 0 atom stereocenters. The second kappa shape index (κ2) is 8.57. The highest BCUT2D eigenvalue weighted by molar-refractivity contribution is 8.05. The SMILES string of the molecule is CN1C=CN(Cc2ccccc2)C1.O=S(=O)(NS(=O)(=O)C(F)(F)F)C(F)(F)F. The van der Waals surface area contributed by atoms with Gasteiger partial charge in [-0.05, 0) is 5.56 Å². The van der Waals surface area contributed by atoms with Crippen LogP contribution in [0.5, 0.6) is 0 Å². The molecule has 1 heterocycles. The van der Waals surface area contributed by atoms with Crippen LogP contribution in [-0.2, 0) is 26.6 Å². The lowest BCUT2D eigenvalue weighted by molar-refractivity contribution is -0.0476. The number of rotatable bonds is 4. The van der Waals surface area contributed by atoms with Crippen LogP contribution in [0.25, 0.3) is 0 Å². The summed E-state index contributed by atoms with van der Waals surface area (Å²) in [6.45, 7) is 2.00. The molecule has 1 N–H and O–H groups in total. The van der Waals surface area contributed by atoms with Crippen molar-refractivity contribution < 1.29 is 43.2 Å². The van der Waals surface area contributed by atoms with Crippen molar-refractivity contribution in [3.8, 4) is 0 Å². The first kappa shape index (κ1) is 24.0. The van der Waals surface area contributed by atoms with Gasteiger partial charge in [0, 0.05) is 26.0 Å². The van der Waals surface area contributed by atoms with Gasteiger partial charge < -0.3 is 9.80 Å². The van der Waals surface area contributed by atoms with Crippen LogP contribution in [0.4, 0.5) is 26.3 Å². The molecule has 1 aromatic rings. The standard InChI is InChI=1S/C11H14N2.C2HF6NO4S2/c1-12-7-8-13(10-12)9-11-5-3-2-4-6-11;3-1(4,5)14(10,11)9-15(12,13)2(6,7)8/h2-8H,9-10H2,1H3;9H. The van der Waals surface area contributed by atoms with E-state index in [4.69, 9.17) is 0 Å². The van der Waals surface area contributed by atoms with Crippen LogP contribution in [0.3, 0.4) is 0 Å². The normalized spacial score (nSPS) is 15.4. The summed E-state index contributed by atoms with van der Waals surface area (Å²) >= 11 is 0. The molecule has 0 aromatic heterocycles. The molecule has 0 bridgehead atoms. The van der Waals surface area contributed by atoms with Gasteiger partial charge in [-0.1, -0.05) is 34.5 Å². The summed E-state index contributed by atoms with van der Waals surface area (Å²) in [7, 11) is -11.1. The van der Waals surface area contributed by atoms with E-state index >= 15 is 0 Å². The molecule has 0 aliphatic carbocycles. The summed E-state index contributed by atoms with van der Waals surface area (Å²) in [4.78, 5) is 4.46. The van der Waals surface area contributed by atoms with Crippen LogP contribution in [0, 0.1) is 0 Å². The highest BCUT2D eigenvalue weighted by atomic mass is 32.3. The number of sulfonamides is 2. The highest BCUT2D eigenvalue weighted by Gasteiger charge is 2.55. The second-order valence-corrected chi connectivity index (χ2v) is 9.02. The Balaban J connectivity index is 0.000000281. The van der Waals surface area contributed by atoms with E-state index in [-0.39, 0.29) is 0 Å². The Morgan fingerprint density at radius 3 is 1.71 bits per heavy atom. The molecule has 1 aliphatic rings. The Kier molecular flexibility index (Phi) is 7.35. The van der Waals surface area contributed by atoms with Crippen molar-refractivity contribution >= 4 is 20.0 Å². The predicted molar refractivity (Wildman–Crippen MR) is 86.8 cm³/mol. The minimum absolute atomic E-state index is 0.493. The molecule has 0 saturated heterocycles. The molecule has 0 unspecified atom stereocenters. The van der Waals surface area contributed by atoms with E-state index in [9.17, 15) is 43.2 Å². The molecular formula is C13H15F6N3O4S2. The third-order valence-electron chi connectivity index (χ3n) is 2.99. The van der Waals surface area contributed by atoms with Crippen LogP contribution < -0.4 is 4.13 Å². The fourth-order valence-corrected chi connectivity index (χ4v) is 3.66. The van der Waals surface area contributed by atoms with Crippen molar-refractivity contribution in [2.45, 2.75) is 17.6 Å². The van der Waals surface area contributed by atoms with Gasteiger partial charge in [0.2, 0.25) is 0 Å². The van der Waals surface area contributed by atoms with E-state index in [0.717, 1.165) is 13.2 Å². The zero-order chi connectivity index (χ0) is 21.8. The molecule has 1 aromatic carbocycles. The Morgan fingerprint density at radius 1 is 0.893 bits per heavy atom. The van der Waals surface area contributed by atoms with Gasteiger partial charge in [-0.2, -0.15) is 26.3 Å². The number of benzene rings is 1. The largest absolute Gasteiger partial charge is 0.512 e. The van der Waals surface area contributed by atoms with Crippen molar-refractivity contribution in [3.63, 3.8) is 0 Å². The average molecular weight is 455 g/mol. The summed E-state index contributed by atoms with van der Waals surface area (Å²) in [6, 6.07) is 10.5. The summed E-state index contributed by atoms with van der Waals surface area (Å²) in [5.74, 6) is 0. The van der Waals surface area contributed by atoms with Gasteiger partial charge in [-0.15, -0.1) is 0 Å². The molecule has 0 spiro atoms. The lowest BCUT2D eigenvalue weighted by atomic mass is 10.2. The van der Waals surface area contributed by atoms with E-state index in [1.165, 1.54) is 5.56 Å². The lowest BCUT2D eigenvalue weighted by Crippen LogP contribution is -2.45. The van der Waals surface area contributed by atoms with Crippen molar-refractivity contribution in [1.29, 1.82) is 0 Å². The van der Waals surface area contributed by atoms with E-state index in [1.54, 1.807) is 0 Å². The van der Waals surface area contributed by atoms with E-state index < -0.39 is 35.2 Å². The number of hydrogen-bond acceptors (Lipinski definition) is 6. The first-order valence-corrected chi connectivity index (χ1v) is 10.1. The molecule has 2 rings (SSSR count). The molecule has 7 nitrogen and oxygen atoms in total. The van der Waals surface area contributed by atoms with Crippen LogP contribution in [-0.4, -0.2) is 51.4 Å². The summed E-state index contributed by atoms with van der Waals surface area (Å²) < 4.78 is 108. The maximum Gasteiger partial charge on any atom is 0.512 e. The quantitative estimate of drug-likeness (QED) is 0.701. The monoisotopic (exact) mass is 455 g/mol. The smallest absolute Gasteiger partial charge is 0.362 e. The first-order valence-electron chi connectivity index (χ1n) is 7.13. The molecular weight excluding hydrogens is 440 g/mol. The molecule has 160 valence electrons. The van der Waals surface area contributed by atoms with Crippen LogP contribution in [0.15, 0.2) is 42.7 Å². The topological polar surface area (TPSA) is 86.8 Å². The summed E-state index contributed by atoms with van der Waals surface area (Å²) in [6.07, 6.45) is 4.23. The maximum absolute atomic E-state index is 11.5. The minimum Gasteiger partial charge on any atom is -0.362 e. The molecule has 0 radical (unpaired) electrons. The van der Waals surface area contributed by atoms with Crippen molar-refractivity contribution in [2.75, 3.05) is 13.7 Å². The first-order chi connectivity index (χ1) is 12.6. The van der Waals surface area contributed by atoms with Gasteiger partial charge in [0.05, 0.1) is 6.67 Å². The van der Waals surface area contributed by atoms with Gasteiger partial charge in [-0.25, -0.2) is 16.8 Å². The van der Waals surface area contributed by atoms with Crippen LogP contribution in [0.2, 0.25) is 0 Å². The summed E-state index contributed by atoms with van der Waals surface area (Å²) in [5, 5.41) is 0. The maximum atomic E-state index is 11.5. The predicted octanol–water partition coefficient (Wildman–Crippen LogP) is 2.14. The van der Waals surface area contributed by atoms with E-state index in [1.807, 2.05) is 0 Å². The van der Waals surface area contributed by atoms with E-state index in [2.05, 4.69) is 59.6 Å². The Bertz CT molecular complexity index is 841. The molecule has 0 saturated carbocycles. The van der Waals surface area contributed by atoms with Crippen LogP contribution >= 0.6 is 0 Å². The van der Waals surface area contributed by atoms with Gasteiger partial charge in [0.15, 0.2) is 0 Å². The van der Waals surface area contributed by atoms with Gasteiger partial charge in [-0.3, -0.25) is 0 Å². The number of nitrogens with zero attached hydrogens (tertiary/aromatic N) is 2. The summed E-state index contributed by atoms with van der Waals surface area (Å²) in [5.41, 5.74) is -10.9. The third kappa shape index (κ3) is 6.87. The van der Waals surface area contributed by atoms with Crippen molar-refractivity contribution in [1.82, 2.24) is 13.9 Å². The molecule has 15 heteroatoms. The van der Waals surface area contributed by atoms with Gasteiger partial charge in [0.25, 0.3) is 0 Å². The molecule has 0 amide bonds. The van der Waals surface area contributed by atoms with Crippen LogP contribution in [0.1, 0.15) is 5.56 Å². The number of alkyl halides is 6. The molecule has 0 fully saturated rings. The molecule has 28 heavy (non-hydrogen) atoms. The van der Waals surface area contributed by atoms with Gasteiger partial charge in [0.1, 0.15) is 0 Å². The highest BCUT2D eigenvalue weighted by Crippen LogP contribution is 2.27. The third-order valence-corrected chi connectivity index (χ3v) is 5.97. The fraction of sp³-hybridized carbons (Fsp3) is 0.385.